The Balaban J connectivity index is 1.93. The fourth-order valence-corrected chi connectivity index (χ4v) is 3.08. The van der Waals surface area contributed by atoms with Crippen molar-refractivity contribution in [2.24, 2.45) is 10.7 Å². The van der Waals surface area contributed by atoms with E-state index in [9.17, 15) is 4.39 Å². The van der Waals surface area contributed by atoms with Crippen molar-refractivity contribution in [1.29, 1.82) is 0 Å². The molecule has 0 saturated carbocycles. The highest BCUT2D eigenvalue weighted by Crippen LogP contribution is 2.29. The molecule has 3 aromatic heterocycles. The van der Waals surface area contributed by atoms with Crippen LogP contribution in [-0.2, 0) is 4.74 Å². The topological polar surface area (TPSA) is 98.3 Å². The summed E-state index contributed by atoms with van der Waals surface area (Å²) in [5, 5.41) is 5.90. The summed E-state index contributed by atoms with van der Waals surface area (Å²) in [7, 11) is 1.56. The zero-order chi connectivity index (χ0) is 19.4. The highest BCUT2D eigenvalue weighted by atomic mass is 32.1. The van der Waals surface area contributed by atoms with Crippen molar-refractivity contribution >= 4 is 39.2 Å². The predicted octanol–water partition coefficient (Wildman–Crippen LogP) is 3.94. The molecule has 0 aliphatic rings. The number of fused-ring (bicyclic) bond motifs is 1. The van der Waals surface area contributed by atoms with Crippen molar-refractivity contribution in [2.75, 3.05) is 12.4 Å². The van der Waals surface area contributed by atoms with Crippen molar-refractivity contribution in [3.05, 3.63) is 53.1 Å². The van der Waals surface area contributed by atoms with Crippen LogP contribution in [0, 0.1) is 5.82 Å². The lowest BCUT2D eigenvalue weighted by Gasteiger charge is -2.13. The first-order chi connectivity index (χ1) is 13.0. The molecule has 0 aromatic carbocycles. The van der Waals surface area contributed by atoms with Gasteiger partial charge in [-0.3, -0.25) is 4.98 Å². The van der Waals surface area contributed by atoms with Crippen LogP contribution in [0.1, 0.15) is 25.6 Å². The third-order valence-corrected chi connectivity index (χ3v) is 4.56. The number of nitrogens with two attached hydrogens (primary N) is 1. The minimum atomic E-state index is -0.381. The minimum absolute atomic E-state index is 0.215. The van der Waals surface area contributed by atoms with Gasteiger partial charge in [-0.25, -0.2) is 14.4 Å². The number of halogens is 1. The lowest BCUT2D eigenvalue weighted by Crippen LogP contribution is -2.12. The number of aromatic nitrogens is 3. The average Bonchev–Trinajstić information content (AvgIpc) is 3.10. The average molecular weight is 386 g/mol. The van der Waals surface area contributed by atoms with Crippen LogP contribution < -0.4 is 11.1 Å². The van der Waals surface area contributed by atoms with Gasteiger partial charge in [-0.05, 0) is 37.4 Å². The number of hydrogen-bond acceptors (Lipinski definition) is 7. The Morgan fingerprint density at radius 2 is 2.19 bits per heavy atom. The van der Waals surface area contributed by atoms with Gasteiger partial charge in [0.15, 0.2) is 5.82 Å². The number of rotatable bonds is 6. The van der Waals surface area contributed by atoms with E-state index in [4.69, 9.17) is 10.5 Å². The standard InChI is InChI=1S/C18H19FN6OS/c1-10(26-3)8-15(20)23-16-13-6-7-27-17(13)25-18(24-16)22-11(2)14-5-4-12(19)9-21-14/h4-9,11H,1-3H3,(H3,20,22,23,24,25)/b10-8+/t11-/m0/s1. The number of ether oxygens (including phenoxy) is 1. The van der Waals surface area contributed by atoms with Crippen molar-refractivity contribution in [2.45, 2.75) is 19.9 Å². The summed E-state index contributed by atoms with van der Waals surface area (Å²) < 4.78 is 18.1. The Morgan fingerprint density at radius 1 is 1.37 bits per heavy atom. The summed E-state index contributed by atoms with van der Waals surface area (Å²) >= 11 is 1.48. The zero-order valence-electron chi connectivity index (χ0n) is 15.1. The molecular weight excluding hydrogens is 367 g/mol. The first kappa shape index (κ1) is 18.7. The van der Waals surface area contributed by atoms with Gasteiger partial charge in [-0.15, -0.1) is 11.3 Å². The number of methoxy groups -OCH3 is 1. The SMILES string of the molecule is CO/C(C)=C/C(N)=N\c1nc(N[C@@H](C)c2ccc(F)cn2)nc2sccc12. The molecule has 0 bridgehead atoms. The van der Waals surface area contributed by atoms with Gasteiger partial charge < -0.3 is 15.8 Å². The number of allylic oxidation sites excluding steroid dienone is 1. The maximum atomic E-state index is 13.1. The number of nitrogens with one attached hydrogen (secondary N) is 1. The van der Waals surface area contributed by atoms with E-state index in [-0.39, 0.29) is 17.7 Å². The predicted molar refractivity (Wildman–Crippen MR) is 106 cm³/mol. The monoisotopic (exact) mass is 386 g/mol. The van der Waals surface area contributed by atoms with Gasteiger partial charge in [-0.2, -0.15) is 4.98 Å². The van der Waals surface area contributed by atoms with E-state index < -0.39 is 0 Å². The van der Waals surface area contributed by atoms with Crippen molar-refractivity contribution in [3.63, 3.8) is 0 Å². The van der Waals surface area contributed by atoms with Crippen molar-refractivity contribution in [3.8, 4) is 0 Å². The molecule has 0 spiro atoms. The molecule has 0 aliphatic heterocycles. The third kappa shape index (κ3) is 4.56. The van der Waals surface area contributed by atoms with E-state index in [2.05, 4.69) is 25.3 Å². The van der Waals surface area contributed by atoms with E-state index in [1.807, 2.05) is 18.4 Å². The van der Waals surface area contributed by atoms with E-state index in [0.29, 0.717) is 23.2 Å². The van der Waals surface area contributed by atoms with Gasteiger partial charge in [-0.1, -0.05) is 0 Å². The normalized spacial score (nSPS) is 13.6. The van der Waals surface area contributed by atoms with Gasteiger partial charge in [0.05, 0.1) is 36.2 Å². The van der Waals surface area contributed by atoms with Crippen LogP contribution >= 0.6 is 11.3 Å². The van der Waals surface area contributed by atoms with Crippen LogP contribution in [0.3, 0.4) is 0 Å². The van der Waals surface area contributed by atoms with Crippen LogP contribution in [0.25, 0.3) is 10.2 Å². The number of anilines is 1. The molecular formula is C18H19FN6OS. The maximum absolute atomic E-state index is 13.1. The quantitative estimate of drug-likeness (QED) is 0.378. The van der Waals surface area contributed by atoms with E-state index >= 15 is 0 Å². The minimum Gasteiger partial charge on any atom is -0.501 e. The van der Waals surface area contributed by atoms with E-state index in [1.54, 1.807) is 26.2 Å². The molecule has 3 heterocycles. The van der Waals surface area contributed by atoms with E-state index in [0.717, 1.165) is 10.2 Å². The van der Waals surface area contributed by atoms with Gasteiger partial charge in [0, 0.05) is 6.08 Å². The molecule has 0 aliphatic carbocycles. The second-order valence-electron chi connectivity index (χ2n) is 5.77. The molecule has 3 aromatic rings. The zero-order valence-corrected chi connectivity index (χ0v) is 15.9. The van der Waals surface area contributed by atoms with Gasteiger partial charge in [0.25, 0.3) is 0 Å². The fraction of sp³-hybridized carbons (Fsp3) is 0.222. The summed E-state index contributed by atoms with van der Waals surface area (Å²) in [4.78, 5) is 18.2. The molecule has 7 nitrogen and oxygen atoms in total. The molecule has 0 unspecified atom stereocenters. The number of nitrogens with zero attached hydrogens (tertiary/aromatic N) is 4. The molecule has 27 heavy (non-hydrogen) atoms. The number of pyridine rings is 1. The number of hydrogen-bond donors (Lipinski definition) is 2. The number of amidine groups is 1. The first-order valence-electron chi connectivity index (χ1n) is 8.16. The lowest BCUT2D eigenvalue weighted by molar-refractivity contribution is 0.294. The molecule has 1 atom stereocenters. The van der Waals surface area contributed by atoms with Crippen LogP contribution in [0.5, 0.6) is 0 Å². The summed E-state index contributed by atoms with van der Waals surface area (Å²) in [6.07, 6.45) is 2.80. The fourth-order valence-electron chi connectivity index (χ4n) is 2.32. The summed E-state index contributed by atoms with van der Waals surface area (Å²) in [6.45, 7) is 3.68. The molecule has 3 N–H and O–H groups in total. The van der Waals surface area contributed by atoms with Gasteiger partial charge >= 0.3 is 0 Å². The first-order valence-corrected chi connectivity index (χ1v) is 9.04. The second kappa shape index (κ2) is 8.09. The Morgan fingerprint density at radius 3 is 2.89 bits per heavy atom. The Kier molecular flexibility index (Phi) is 5.60. The van der Waals surface area contributed by atoms with Crippen LogP contribution in [0.2, 0.25) is 0 Å². The molecule has 9 heteroatoms. The Bertz CT molecular complexity index is 999. The second-order valence-corrected chi connectivity index (χ2v) is 6.67. The molecule has 140 valence electrons. The van der Waals surface area contributed by atoms with Gasteiger partial charge in [0.2, 0.25) is 5.95 Å². The molecule has 0 saturated heterocycles. The molecule has 0 fully saturated rings. The smallest absolute Gasteiger partial charge is 0.226 e. The third-order valence-electron chi connectivity index (χ3n) is 3.75. The Hall–Kier alpha value is -3.07. The Labute approximate surface area is 159 Å². The van der Waals surface area contributed by atoms with Crippen LogP contribution in [0.15, 0.2) is 46.6 Å². The van der Waals surface area contributed by atoms with Crippen molar-refractivity contribution in [1.82, 2.24) is 15.0 Å². The summed E-state index contributed by atoms with van der Waals surface area (Å²) in [6, 6.07) is 4.66. The van der Waals surface area contributed by atoms with Crippen molar-refractivity contribution < 1.29 is 9.13 Å². The molecule has 0 radical (unpaired) electrons. The highest BCUT2D eigenvalue weighted by molar-refractivity contribution is 7.16. The largest absolute Gasteiger partial charge is 0.501 e. The lowest BCUT2D eigenvalue weighted by atomic mass is 10.2. The molecule has 0 amide bonds. The maximum Gasteiger partial charge on any atom is 0.226 e. The molecule has 3 rings (SSSR count). The van der Waals surface area contributed by atoms with Crippen LogP contribution in [0.4, 0.5) is 16.2 Å². The summed E-state index contributed by atoms with van der Waals surface area (Å²) in [5.41, 5.74) is 6.64. The summed E-state index contributed by atoms with van der Waals surface area (Å²) in [5.74, 6) is 1.39. The number of thiophene rings is 1. The highest BCUT2D eigenvalue weighted by Gasteiger charge is 2.13. The van der Waals surface area contributed by atoms with E-state index in [1.165, 1.54) is 23.6 Å². The van der Waals surface area contributed by atoms with Gasteiger partial charge in [0.1, 0.15) is 16.5 Å². The van der Waals surface area contributed by atoms with Crippen LogP contribution in [-0.4, -0.2) is 27.9 Å². The number of aliphatic imine (C=N–C) groups is 1.